The molecule has 0 aliphatic heterocycles. The van der Waals surface area contributed by atoms with E-state index in [1.807, 2.05) is 0 Å². The van der Waals surface area contributed by atoms with Crippen LogP contribution in [0.25, 0.3) is 0 Å². The predicted molar refractivity (Wildman–Crippen MR) is 90.5 cm³/mol. The topological polar surface area (TPSA) is 72.5 Å². The first kappa shape index (κ1) is 18.9. The largest absolute Gasteiger partial charge is 0.456 e. The number of Topliss-reactive ketones (excluding diaryl/α,β-unsaturated/α-hetero) is 1. The fourth-order valence-corrected chi connectivity index (χ4v) is 2.11. The molecule has 1 amide bonds. The van der Waals surface area contributed by atoms with Crippen LogP contribution in [0.2, 0.25) is 10.0 Å². The van der Waals surface area contributed by atoms with E-state index in [1.54, 1.807) is 0 Å². The van der Waals surface area contributed by atoms with Gasteiger partial charge in [0.15, 0.2) is 12.4 Å². The van der Waals surface area contributed by atoms with Gasteiger partial charge in [-0.05, 0) is 42.5 Å². The van der Waals surface area contributed by atoms with Crippen molar-refractivity contribution < 1.29 is 23.5 Å². The number of ketones is 1. The van der Waals surface area contributed by atoms with Crippen LogP contribution < -0.4 is 5.32 Å². The van der Waals surface area contributed by atoms with E-state index in [1.165, 1.54) is 30.3 Å². The van der Waals surface area contributed by atoms with E-state index in [9.17, 15) is 18.8 Å². The minimum Gasteiger partial charge on any atom is -0.456 e. The second kappa shape index (κ2) is 8.60. The maximum absolute atomic E-state index is 12.8. The number of nitrogens with one attached hydrogen (secondary N) is 1. The number of esters is 1. The van der Waals surface area contributed by atoms with Crippen LogP contribution in [0.5, 0.6) is 0 Å². The van der Waals surface area contributed by atoms with Crippen molar-refractivity contribution in [2.45, 2.75) is 0 Å². The Balaban J connectivity index is 1.80. The third-order valence-corrected chi connectivity index (χ3v) is 3.84. The SMILES string of the molecule is O=C(CNC(=O)c1ccc(Cl)c(Cl)c1)OCC(=O)c1ccc(F)cc1. The van der Waals surface area contributed by atoms with Gasteiger partial charge < -0.3 is 10.1 Å². The van der Waals surface area contributed by atoms with Crippen LogP contribution in [0.3, 0.4) is 0 Å². The molecule has 130 valence electrons. The van der Waals surface area contributed by atoms with E-state index < -0.39 is 36.6 Å². The smallest absolute Gasteiger partial charge is 0.325 e. The number of benzene rings is 2. The highest BCUT2D eigenvalue weighted by Crippen LogP contribution is 2.22. The van der Waals surface area contributed by atoms with Crippen molar-refractivity contribution in [3.05, 3.63) is 69.5 Å². The van der Waals surface area contributed by atoms with Gasteiger partial charge in [0.05, 0.1) is 10.0 Å². The van der Waals surface area contributed by atoms with Crippen molar-refractivity contribution >= 4 is 40.9 Å². The Bertz CT molecular complexity index is 809. The van der Waals surface area contributed by atoms with Crippen LogP contribution >= 0.6 is 23.2 Å². The average Bonchev–Trinajstić information content (AvgIpc) is 2.60. The molecule has 0 saturated carbocycles. The van der Waals surface area contributed by atoms with Crippen molar-refractivity contribution in [2.75, 3.05) is 13.2 Å². The van der Waals surface area contributed by atoms with Gasteiger partial charge in [0.25, 0.3) is 5.91 Å². The summed E-state index contributed by atoms with van der Waals surface area (Å²) >= 11 is 11.6. The van der Waals surface area contributed by atoms with E-state index in [0.717, 1.165) is 12.1 Å². The van der Waals surface area contributed by atoms with Crippen LogP contribution in [0.15, 0.2) is 42.5 Å². The van der Waals surface area contributed by atoms with Crippen LogP contribution in [0.1, 0.15) is 20.7 Å². The number of amides is 1. The standard InChI is InChI=1S/C17H12Cl2FNO4/c18-13-6-3-11(7-14(13)19)17(24)21-8-16(23)25-9-15(22)10-1-4-12(20)5-2-10/h1-7H,8-9H2,(H,21,24). The lowest BCUT2D eigenvalue weighted by Crippen LogP contribution is -2.31. The third-order valence-electron chi connectivity index (χ3n) is 3.11. The molecular formula is C17H12Cl2FNO4. The molecule has 2 aromatic carbocycles. The monoisotopic (exact) mass is 383 g/mol. The van der Waals surface area contributed by atoms with Crippen molar-refractivity contribution in [2.24, 2.45) is 0 Å². The van der Waals surface area contributed by atoms with Crippen molar-refractivity contribution in [1.29, 1.82) is 0 Å². The van der Waals surface area contributed by atoms with E-state index in [4.69, 9.17) is 27.9 Å². The second-order valence-electron chi connectivity index (χ2n) is 4.90. The Hall–Kier alpha value is -2.44. The molecule has 25 heavy (non-hydrogen) atoms. The van der Waals surface area contributed by atoms with E-state index >= 15 is 0 Å². The quantitative estimate of drug-likeness (QED) is 0.613. The molecule has 0 radical (unpaired) electrons. The lowest BCUT2D eigenvalue weighted by molar-refractivity contribution is -0.141. The Morgan fingerprint density at radius 1 is 0.960 bits per heavy atom. The third kappa shape index (κ3) is 5.55. The minimum absolute atomic E-state index is 0.210. The minimum atomic E-state index is -0.788. The number of ether oxygens (including phenoxy) is 1. The van der Waals surface area contributed by atoms with Gasteiger partial charge in [-0.3, -0.25) is 14.4 Å². The summed E-state index contributed by atoms with van der Waals surface area (Å²) in [7, 11) is 0. The maximum atomic E-state index is 12.8. The van der Waals surface area contributed by atoms with Gasteiger partial charge in [0.1, 0.15) is 12.4 Å². The zero-order valence-electron chi connectivity index (χ0n) is 12.7. The highest BCUT2D eigenvalue weighted by Gasteiger charge is 2.13. The molecule has 8 heteroatoms. The van der Waals surface area contributed by atoms with Gasteiger partial charge in [-0.2, -0.15) is 0 Å². The number of hydrogen-bond acceptors (Lipinski definition) is 4. The molecule has 0 bridgehead atoms. The summed E-state index contributed by atoms with van der Waals surface area (Å²) < 4.78 is 17.5. The lowest BCUT2D eigenvalue weighted by Gasteiger charge is -2.07. The maximum Gasteiger partial charge on any atom is 0.325 e. The predicted octanol–water partition coefficient (Wildman–Crippen LogP) is 3.29. The number of carbonyl (C=O) groups is 3. The van der Waals surface area contributed by atoms with Crippen LogP contribution in [0.4, 0.5) is 4.39 Å². The second-order valence-corrected chi connectivity index (χ2v) is 5.72. The summed E-state index contributed by atoms with van der Waals surface area (Å²) in [6.07, 6.45) is 0. The molecule has 2 aromatic rings. The van der Waals surface area contributed by atoms with E-state index in [-0.39, 0.29) is 16.1 Å². The zero-order chi connectivity index (χ0) is 18.4. The number of rotatable bonds is 6. The first-order valence-corrected chi connectivity index (χ1v) is 7.80. The van der Waals surface area contributed by atoms with Gasteiger partial charge in [-0.1, -0.05) is 23.2 Å². The molecular weight excluding hydrogens is 372 g/mol. The summed E-state index contributed by atoms with van der Waals surface area (Å²) in [6.45, 7) is -0.928. The summed E-state index contributed by atoms with van der Waals surface area (Å²) in [5, 5.41) is 2.85. The van der Waals surface area contributed by atoms with Gasteiger partial charge in [0, 0.05) is 11.1 Å². The van der Waals surface area contributed by atoms with Gasteiger partial charge in [-0.25, -0.2) is 4.39 Å². The van der Waals surface area contributed by atoms with E-state index in [2.05, 4.69) is 5.32 Å². The van der Waals surface area contributed by atoms with Crippen molar-refractivity contribution in [3.63, 3.8) is 0 Å². The molecule has 0 atom stereocenters. The molecule has 0 heterocycles. The molecule has 5 nitrogen and oxygen atoms in total. The number of carbonyl (C=O) groups excluding carboxylic acids is 3. The fourth-order valence-electron chi connectivity index (χ4n) is 1.81. The molecule has 0 spiro atoms. The summed E-state index contributed by atoms with van der Waals surface area (Å²) in [6, 6.07) is 9.11. The Morgan fingerprint density at radius 2 is 1.60 bits per heavy atom. The molecule has 0 aromatic heterocycles. The van der Waals surface area contributed by atoms with Crippen LogP contribution in [-0.2, 0) is 9.53 Å². The summed E-state index contributed by atoms with van der Waals surface area (Å²) in [5.41, 5.74) is 0.443. The van der Waals surface area contributed by atoms with E-state index in [0.29, 0.717) is 5.02 Å². The molecule has 0 aliphatic carbocycles. The first-order chi connectivity index (χ1) is 11.9. The Labute approximate surface area is 152 Å². The first-order valence-electron chi connectivity index (χ1n) is 7.04. The van der Waals surface area contributed by atoms with Crippen LogP contribution in [-0.4, -0.2) is 30.8 Å². The van der Waals surface area contributed by atoms with Crippen LogP contribution in [0, 0.1) is 5.82 Å². The zero-order valence-corrected chi connectivity index (χ0v) is 14.2. The summed E-state index contributed by atoms with van der Waals surface area (Å²) in [4.78, 5) is 35.2. The molecule has 0 fully saturated rings. The van der Waals surface area contributed by atoms with Gasteiger partial charge >= 0.3 is 5.97 Å². The molecule has 0 unspecified atom stereocenters. The van der Waals surface area contributed by atoms with Gasteiger partial charge in [-0.15, -0.1) is 0 Å². The number of halogens is 3. The molecule has 2 rings (SSSR count). The normalized spacial score (nSPS) is 10.2. The highest BCUT2D eigenvalue weighted by molar-refractivity contribution is 6.42. The van der Waals surface area contributed by atoms with Crippen molar-refractivity contribution in [1.82, 2.24) is 5.32 Å². The lowest BCUT2D eigenvalue weighted by atomic mass is 10.1. The summed E-state index contributed by atoms with van der Waals surface area (Å²) in [5.74, 6) is -2.29. The van der Waals surface area contributed by atoms with Gasteiger partial charge in [0.2, 0.25) is 0 Å². The molecule has 0 saturated heterocycles. The van der Waals surface area contributed by atoms with Crippen molar-refractivity contribution in [3.8, 4) is 0 Å². The fraction of sp³-hybridized carbons (Fsp3) is 0.118. The number of hydrogen-bond donors (Lipinski definition) is 1. The average molecular weight is 384 g/mol. The molecule has 0 aliphatic rings. The molecule has 1 N–H and O–H groups in total. The Kier molecular flexibility index (Phi) is 6.50. The highest BCUT2D eigenvalue weighted by atomic mass is 35.5. The Morgan fingerprint density at radius 3 is 2.24 bits per heavy atom.